The van der Waals surface area contributed by atoms with E-state index in [0.717, 1.165) is 26.2 Å². The molecule has 0 saturated carbocycles. The molecular formula is C16H29N5O3. The second-order valence-electron chi connectivity index (χ2n) is 6.20. The molecule has 1 fully saturated rings. The SMILES string of the molecule is CC(C)C(=O)CN=C/C(COCCC(=O)N1CCN(C)CC1)=N\N. The molecule has 1 heterocycles. The molecule has 0 atom stereocenters. The van der Waals surface area contributed by atoms with E-state index in [4.69, 9.17) is 10.6 Å². The number of ketones is 1. The largest absolute Gasteiger partial charge is 0.374 e. The summed E-state index contributed by atoms with van der Waals surface area (Å²) in [6.45, 7) is 7.59. The minimum atomic E-state index is -0.0442. The molecule has 2 N–H and O–H groups in total. The van der Waals surface area contributed by atoms with Crippen molar-refractivity contribution in [3.63, 3.8) is 0 Å². The number of hydrazone groups is 1. The second-order valence-corrected chi connectivity index (χ2v) is 6.20. The van der Waals surface area contributed by atoms with Crippen LogP contribution in [0.25, 0.3) is 0 Å². The fourth-order valence-electron chi connectivity index (χ4n) is 2.08. The number of piperazine rings is 1. The first-order valence-electron chi connectivity index (χ1n) is 8.27. The minimum Gasteiger partial charge on any atom is -0.374 e. The fourth-order valence-corrected chi connectivity index (χ4v) is 2.08. The summed E-state index contributed by atoms with van der Waals surface area (Å²) in [5, 5.41) is 3.57. The number of nitrogens with zero attached hydrogens (tertiary/aromatic N) is 4. The molecule has 1 aliphatic heterocycles. The van der Waals surface area contributed by atoms with Gasteiger partial charge in [-0.25, -0.2) is 0 Å². The summed E-state index contributed by atoms with van der Waals surface area (Å²) in [5.74, 6) is 5.39. The standard InChI is InChI=1S/C16H29N5O3/c1-13(2)15(22)11-18-10-14(19-17)12-24-9-4-16(23)21-7-5-20(3)6-8-21/h10,13H,4-9,11-12,17H2,1-3H3/b18-10?,19-14+. The summed E-state index contributed by atoms with van der Waals surface area (Å²) >= 11 is 0. The van der Waals surface area contributed by atoms with Gasteiger partial charge in [0.2, 0.25) is 5.91 Å². The van der Waals surface area contributed by atoms with Gasteiger partial charge in [0.05, 0.1) is 26.2 Å². The summed E-state index contributed by atoms with van der Waals surface area (Å²) in [4.78, 5) is 31.6. The van der Waals surface area contributed by atoms with Gasteiger partial charge in [-0.2, -0.15) is 5.10 Å². The van der Waals surface area contributed by atoms with Crippen molar-refractivity contribution in [1.82, 2.24) is 9.80 Å². The number of carbonyl (C=O) groups excluding carboxylic acids is 2. The molecule has 0 aromatic rings. The van der Waals surface area contributed by atoms with Gasteiger partial charge in [0.15, 0.2) is 5.78 Å². The second kappa shape index (κ2) is 10.9. The van der Waals surface area contributed by atoms with Crippen LogP contribution in [-0.4, -0.2) is 86.4 Å². The molecule has 0 aliphatic carbocycles. The van der Waals surface area contributed by atoms with Crippen molar-refractivity contribution in [1.29, 1.82) is 0 Å². The molecule has 1 saturated heterocycles. The lowest BCUT2D eigenvalue weighted by molar-refractivity contribution is -0.133. The van der Waals surface area contributed by atoms with E-state index in [1.165, 1.54) is 6.21 Å². The maximum Gasteiger partial charge on any atom is 0.224 e. The van der Waals surface area contributed by atoms with E-state index in [9.17, 15) is 9.59 Å². The lowest BCUT2D eigenvalue weighted by atomic mass is 10.1. The van der Waals surface area contributed by atoms with Crippen molar-refractivity contribution in [3.05, 3.63) is 0 Å². The van der Waals surface area contributed by atoms with Gasteiger partial charge in [-0.05, 0) is 7.05 Å². The van der Waals surface area contributed by atoms with Crippen LogP contribution in [0.1, 0.15) is 20.3 Å². The van der Waals surface area contributed by atoms with Crippen LogP contribution in [0.15, 0.2) is 10.1 Å². The Morgan fingerprint density at radius 3 is 2.50 bits per heavy atom. The lowest BCUT2D eigenvalue weighted by Gasteiger charge is -2.32. The maximum absolute atomic E-state index is 12.0. The van der Waals surface area contributed by atoms with Crippen molar-refractivity contribution in [2.45, 2.75) is 20.3 Å². The first-order valence-corrected chi connectivity index (χ1v) is 8.27. The quantitative estimate of drug-likeness (QED) is 0.271. The molecule has 0 unspecified atom stereocenters. The van der Waals surface area contributed by atoms with Crippen LogP contribution in [0.4, 0.5) is 0 Å². The summed E-state index contributed by atoms with van der Waals surface area (Å²) in [6.07, 6.45) is 1.78. The van der Waals surface area contributed by atoms with Gasteiger partial charge in [0.25, 0.3) is 0 Å². The van der Waals surface area contributed by atoms with Gasteiger partial charge < -0.3 is 20.4 Å². The van der Waals surface area contributed by atoms with Crippen molar-refractivity contribution >= 4 is 23.6 Å². The van der Waals surface area contributed by atoms with Crippen LogP contribution in [0.3, 0.4) is 0 Å². The molecule has 0 spiro atoms. The van der Waals surface area contributed by atoms with E-state index >= 15 is 0 Å². The van der Waals surface area contributed by atoms with Crippen molar-refractivity contribution in [2.24, 2.45) is 21.9 Å². The van der Waals surface area contributed by atoms with Gasteiger partial charge >= 0.3 is 0 Å². The van der Waals surface area contributed by atoms with E-state index in [1.807, 2.05) is 18.7 Å². The number of hydrogen-bond acceptors (Lipinski definition) is 7. The maximum atomic E-state index is 12.0. The predicted octanol–water partition coefficient (Wildman–Crippen LogP) is -0.222. The highest BCUT2D eigenvalue weighted by Crippen LogP contribution is 2.02. The highest BCUT2D eigenvalue weighted by atomic mass is 16.5. The Labute approximate surface area is 143 Å². The molecular weight excluding hydrogens is 310 g/mol. The Bertz CT molecular complexity index is 468. The summed E-state index contributed by atoms with van der Waals surface area (Å²) < 4.78 is 5.43. The average molecular weight is 339 g/mol. The molecule has 0 aromatic heterocycles. The first-order chi connectivity index (χ1) is 11.4. The summed E-state index contributed by atoms with van der Waals surface area (Å²) in [6, 6.07) is 0. The number of amides is 1. The van der Waals surface area contributed by atoms with E-state index < -0.39 is 0 Å². The van der Waals surface area contributed by atoms with Crippen molar-refractivity contribution < 1.29 is 14.3 Å². The van der Waals surface area contributed by atoms with Crippen LogP contribution in [0, 0.1) is 5.92 Å². The smallest absolute Gasteiger partial charge is 0.224 e. The van der Waals surface area contributed by atoms with Crippen molar-refractivity contribution in [2.75, 3.05) is 53.0 Å². The number of aliphatic imine (C=N–C) groups is 1. The third-order valence-electron chi connectivity index (χ3n) is 3.86. The van der Waals surface area contributed by atoms with E-state index in [-0.39, 0.29) is 30.8 Å². The topological polar surface area (TPSA) is 101 Å². The predicted molar refractivity (Wildman–Crippen MR) is 94.3 cm³/mol. The number of ether oxygens (including phenoxy) is 1. The number of likely N-dealkylation sites (N-methyl/N-ethyl adjacent to an activating group) is 1. The zero-order valence-electron chi connectivity index (χ0n) is 14.9. The molecule has 0 bridgehead atoms. The zero-order valence-corrected chi connectivity index (χ0v) is 14.9. The van der Waals surface area contributed by atoms with Crippen LogP contribution in [0.2, 0.25) is 0 Å². The highest BCUT2D eigenvalue weighted by Gasteiger charge is 2.18. The normalized spacial score (nSPS) is 17.0. The Balaban J connectivity index is 2.21. The van der Waals surface area contributed by atoms with Crippen molar-refractivity contribution in [3.8, 4) is 0 Å². The van der Waals surface area contributed by atoms with Crippen LogP contribution in [-0.2, 0) is 14.3 Å². The minimum absolute atomic E-state index is 0.0442. The number of nitrogens with two attached hydrogens (primary N) is 1. The third kappa shape index (κ3) is 7.65. The zero-order chi connectivity index (χ0) is 17.9. The molecule has 8 heteroatoms. The van der Waals surface area contributed by atoms with Crippen LogP contribution in [0.5, 0.6) is 0 Å². The molecule has 8 nitrogen and oxygen atoms in total. The van der Waals surface area contributed by atoms with Gasteiger partial charge in [0, 0.05) is 38.3 Å². The monoisotopic (exact) mass is 339 g/mol. The molecule has 24 heavy (non-hydrogen) atoms. The fraction of sp³-hybridized carbons (Fsp3) is 0.750. The van der Waals surface area contributed by atoms with Crippen LogP contribution >= 0.6 is 0 Å². The van der Waals surface area contributed by atoms with Crippen LogP contribution < -0.4 is 5.84 Å². The van der Waals surface area contributed by atoms with E-state index in [0.29, 0.717) is 18.7 Å². The number of rotatable bonds is 9. The molecule has 136 valence electrons. The first kappa shape index (κ1) is 20.2. The van der Waals surface area contributed by atoms with Gasteiger partial charge in [-0.1, -0.05) is 13.8 Å². The van der Waals surface area contributed by atoms with Gasteiger partial charge in [0.1, 0.15) is 5.71 Å². The summed E-state index contributed by atoms with van der Waals surface area (Å²) in [7, 11) is 2.05. The number of carbonyl (C=O) groups is 2. The van der Waals surface area contributed by atoms with E-state index in [1.54, 1.807) is 0 Å². The molecule has 1 amide bonds. The Morgan fingerprint density at radius 2 is 1.92 bits per heavy atom. The van der Waals surface area contributed by atoms with E-state index in [2.05, 4.69) is 22.0 Å². The van der Waals surface area contributed by atoms with Gasteiger partial charge in [-0.3, -0.25) is 14.6 Å². The third-order valence-corrected chi connectivity index (χ3v) is 3.86. The lowest BCUT2D eigenvalue weighted by Crippen LogP contribution is -2.47. The molecule has 0 aromatic carbocycles. The molecule has 1 rings (SSSR count). The van der Waals surface area contributed by atoms with Gasteiger partial charge in [-0.15, -0.1) is 0 Å². The highest BCUT2D eigenvalue weighted by molar-refractivity contribution is 6.31. The number of Topliss-reactive ketones (excluding diaryl/α,β-unsaturated/α-hetero) is 1. The summed E-state index contributed by atoms with van der Waals surface area (Å²) in [5.41, 5.74) is 0.443. The average Bonchev–Trinajstić information content (AvgIpc) is 2.57. The molecule has 1 aliphatic rings. The molecule has 0 radical (unpaired) electrons. The Hall–Kier alpha value is -1.80. The number of hydrogen-bond donors (Lipinski definition) is 1. The Kier molecular flexibility index (Phi) is 9.18. The Morgan fingerprint density at radius 1 is 1.25 bits per heavy atom.